The van der Waals surface area contributed by atoms with Crippen molar-refractivity contribution in [3.05, 3.63) is 53.1 Å². The van der Waals surface area contributed by atoms with Crippen LogP contribution in [-0.4, -0.2) is 11.0 Å². The van der Waals surface area contributed by atoms with Gasteiger partial charge in [0.2, 0.25) is 0 Å². The van der Waals surface area contributed by atoms with Crippen LogP contribution in [0.4, 0.5) is 11.4 Å². The summed E-state index contributed by atoms with van der Waals surface area (Å²) >= 11 is 0. The lowest BCUT2D eigenvalue weighted by Crippen LogP contribution is -2.21. The molecule has 25 heavy (non-hydrogen) atoms. The Balaban J connectivity index is 2.54. The van der Waals surface area contributed by atoms with Gasteiger partial charge in [-0.25, -0.2) is 0 Å². The molecule has 0 bridgehead atoms. The smallest absolute Gasteiger partial charge is 0.255 e. The van der Waals surface area contributed by atoms with E-state index >= 15 is 0 Å². The van der Waals surface area contributed by atoms with Crippen LogP contribution in [0.3, 0.4) is 0 Å². The highest BCUT2D eigenvalue weighted by molar-refractivity contribution is 6.06. The topological polar surface area (TPSA) is 75.4 Å². The molecule has 0 saturated carbocycles. The molecule has 4 nitrogen and oxygen atoms in total. The van der Waals surface area contributed by atoms with Gasteiger partial charge < -0.3 is 16.2 Å². The first-order chi connectivity index (χ1) is 11.4. The van der Waals surface area contributed by atoms with E-state index in [1.165, 1.54) is 0 Å². The number of phenols is 1. The molecule has 0 radical (unpaired) electrons. The fourth-order valence-electron chi connectivity index (χ4n) is 2.71. The van der Waals surface area contributed by atoms with Crippen molar-refractivity contribution in [2.24, 2.45) is 0 Å². The lowest BCUT2D eigenvalue weighted by atomic mass is 9.78. The van der Waals surface area contributed by atoms with Crippen LogP contribution in [0.25, 0.3) is 0 Å². The molecule has 0 aliphatic rings. The molecule has 0 aliphatic heterocycles. The molecule has 2 rings (SSSR count). The zero-order valence-corrected chi connectivity index (χ0v) is 15.9. The molecule has 0 spiro atoms. The molecule has 4 N–H and O–H groups in total. The van der Waals surface area contributed by atoms with Gasteiger partial charge in [0.25, 0.3) is 5.91 Å². The van der Waals surface area contributed by atoms with Crippen LogP contribution in [0.2, 0.25) is 0 Å². The van der Waals surface area contributed by atoms with Crippen molar-refractivity contribution < 1.29 is 9.90 Å². The average Bonchev–Trinajstić information content (AvgIpc) is 2.47. The first-order valence-corrected chi connectivity index (χ1v) is 8.45. The van der Waals surface area contributed by atoms with Crippen molar-refractivity contribution in [2.75, 3.05) is 11.1 Å². The Morgan fingerprint density at radius 3 is 1.88 bits per heavy atom. The highest BCUT2D eigenvalue weighted by Crippen LogP contribution is 2.39. The zero-order chi connectivity index (χ0) is 19.0. The summed E-state index contributed by atoms with van der Waals surface area (Å²) in [6.07, 6.45) is 0. The Morgan fingerprint density at radius 1 is 0.960 bits per heavy atom. The van der Waals surface area contributed by atoms with Crippen LogP contribution in [0.5, 0.6) is 5.75 Å². The Kier molecular flexibility index (Phi) is 4.85. The van der Waals surface area contributed by atoms with Crippen LogP contribution in [-0.2, 0) is 10.8 Å². The molecule has 0 saturated heterocycles. The summed E-state index contributed by atoms with van der Waals surface area (Å²) in [6, 6.07) is 10.7. The second-order valence-electron chi connectivity index (χ2n) is 8.46. The van der Waals surface area contributed by atoms with E-state index in [4.69, 9.17) is 5.73 Å². The van der Waals surface area contributed by atoms with Gasteiger partial charge in [-0.1, -0.05) is 53.7 Å². The molecule has 4 heteroatoms. The lowest BCUT2D eigenvalue weighted by molar-refractivity contribution is 0.102. The van der Waals surface area contributed by atoms with Gasteiger partial charge in [-0.2, -0.15) is 0 Å². The van der Waals surface area contributed by atoms with Crippen molar-refractivity contribution in [2.45, 2.75) is 52.4 Å². The standard InChI is InChI=1S/C21H28N2O2/c1-20(2,3)14-11-13(12-15(18(14)24)21(4,5)6)19(25)23-17-10-8-7-9-16(17)22/h7-12,24H,22H2,1-6H3,(H,23,25). The van der Waals surface area contributed by atoms with Crippen LogP contribution in [0.1, 0.15) is 63.0 Å². The van der Waals surface area contributed by atoms with Gasteiger partial charge in [-0.3, -0.25) is 4.79 Å². The van der Waals surface area contributed by atoms with Gasteiger partial charge >= 0.3 is 0 Å². The Morgan fingerprint density at radius 2 is 1.44 bits per heavy atom. The van der Waals surface area contributed by atoms with Gasteiger partial charge in [-0.15, -0.1) is 0 Å². The van der Waals surface area contributed by atoms with E-state index in [1.807, 2.05) is 53.7 Å². The maximum Gasteiger partial charge on any atom is 0.255 e. The third kappa shape index (κ3) is 4.13. The van der Waals surface area contributed by atoms with E-state index in [0.29, 0.717) is 16.9 Å². The van der Waals surface area contributed by atoms with Gasteiger partial charge in [0.15, 0.2) is 0 Å². The number of anilines is 2. The molecule has 0 unspecified atom stereocenters. The van der Waals surface area contributed by atoms with Gasteiger partial charge in [0.05, 0.1) is 11.4 Å². The molecule has 0 atom stereocenters. The Labute approximate surface area is 150 Å². The predicted molar refractivity (Wildman–Crippen MR) is 104 cm³/mol. The summed E-state index contributed by atoms with van der Waals surface area (Å²) in [5.74, 6) is 0.0182. The predicted octanol–water partition coefficient (Wildman–Crippen LogP) is 4.82. The molecule has 1 amide bonds. The maximum atomic E-state index is 12.8. The number of amides is 1. The monoisotopic (exact) mass is 340 g/mol. The molecule has 134 valence electrons. The molecule has 0 fully saturated rings. The van der Waals surface area contributed by atoms with Gasteiger partial charge in [-0.05, 0) is 35.1 Å². The molecular weight excluding hydrogens is 312 g/mol. The van der Waals surface area contributed by atoms with E-state index in [0.717, 1.165) is 11.1 Å². The summed E-state index contributed by atoms with van der Waals surface area (Å²) in [6.45, 7) is 12.1. The van der Waals surface area contributed by atoms with Crippen molar-refractivity contribution in [1.29, 1.82) is 0 Å². The molecule has 0 aromatic heterocycles. The molecule has 0 heterocycles. The number of aromatic hydroxyl groups is 1. The normalized spacial score (nSPS) is 12.1. The fourth-order valence-corrected chi connectivity index (χ4v) is 2.71. The Bertz CT molecular complexity index is 761. The summed E-state index contributed by atoms with van der Waals surface area (Å²) in [4.78, 5) is 12.8. The van der Waals surface area contributed by atoms with Crippen LogP contribution in [0, 0.1) is 0 Å². The maximum absolute atomic E-state index is 12.8. The van der Waals surface area contributed by atoms with Crippen LogP contribution >= 0.6 is 0 Å². The number of benzene rings is 2. The largest absolute Gasteiger partial charge is 0.507 e. The van der Waals surface area contributed by atoms with E-state index in [9.17, 15) is 9.90 Å². The number of nitrogen functional groups attached to an aromatic ring is 1. The first kappa shape index (κ1) is 18.8. The quantitative estimate of drug-likeness (QED) is 0.686. The second kappa shape index (κ2) is 6.43. The molecule has 0 aliphatic carbocycles. The SMILES string of the molecule is CC(C)(C)c1cc(C(=O)Nc2ccccc2N)cc(C(C)(C)C)c1O. The van der Waals surface area contributed by atoms with E-state index in [-0.39, 0.29) is 22.5 Å². The summed E-state index contributed by atoms with van der Waals surface area (Å²) < 4.78 is 0. The summed E-state index contributed by atoms with van der Waals surface area (Å²) in [5, 5.41) is 13.6. The highest BCUT2D eigenvalue weighted by Gasteiger charge is 2.27. The van der Waals surface area contributed by atoms with E-state index in [2.05, 4.69) is 5.32 Å². The van der Waals surface area contributed by atoms with Gasteiger partial charge in [0.1, 0.15) is 5.75 Å². The molecule has 2 aromatic rings. The van der Waals surface area contributed by atoms with E-state index in [1.54, 1.807) is 24.3 Å². The number of hydrogen-bond acceptors (Lipinski definition) is 3. The van der Waals surface area contributed by atoms with E-state index < -0.39 is 0 Å². The number of rotatable bonds is 2. The number of phenolic OH excluding ortho intramolecular Hbond substituents is 1. The number of nitrogens with two attached hydrogens (primary N) is 1. The summed E-state index contributed by atoms with van der Waals surface area (Å²) in [7, 11) is 0. The van der Waals surface area contributed by atoms with Crippen molar-refractivity contribution in [3.63, 3.8) is 0 Å². The number of carbonyl (C=O) groups excluding carboxylic acids is 1. The number of para-hydroxylation sites is 2. The second-order valence-corrected chi connectivity index (χ2v) is 8.46. The average molecular weight is 340 g/mol. The van der Waals surface area contributed by atoms with Crippen molar-refractivity contribution in [1.82, 2.24) is 0 Å². The first-order valence-electron chi connectivity index (χ1n) is 8.45. The third-order valence-corrected chi connectivity index (χ3v) is 4.20. The minimum atomic E-state index is -0.286. The van der Waals surface area contributed by atoms with Crippen molar-refractivity contribution in [3.8, 4) is 5.75 Å². The van der Waals surface area contributed by atoms with Crippen molar-refractivity contribution >= 4 is 17.3 Å². The minimum absolute atomic E-state index is 0.242. The molecule has 2 aromatic carbocycles. The molecular formula is C21H28N2O2. The van der Waals surface area contributed by atoms with Crippen LogP contribution < -0.4 is 11.1 Å². The van der Waals surface area contributed by atoms with Crippen LogP contribution in [0.15, 0.2) is 36.4 Å². The minimum Gasteiger partial charge on any atom is -0.507 e. The zero-order valence-electron chi connectivity index (χ0n) is 15.9. The Hall–Kier alpha value is -2.49. The third-order valence-electron chi connectivity index (χ3n) is 4.20. The lowest BCUT2D eigenvalue weighted by Gasteiger charge is -2.28. The summed E-state index contributed by atoms with van der Waals surface area (Å²) in [5.41, 5.74) is 8.46. The fraction of sp³-hybridized carbons (Fsp3) is 0.381. The van der Waals surface area contributed by atoms with Gasteiger partial charge in [0, 0.05) is 16.7 Å². The number of hydrogen-bond donors (Lipinski definition) is 3. The number of nitrogens with one attached hydrogen (secondary N) is 1. The number of carbonyl (C=O) groups is 1. The highest BCUT2D eigenvalue weighted by atomic mass is 16.3.